The van der Waals surface area contributed by atoms with Crippen LogP contribution >= 0.6 is 0 Å². The van der Waals surface area contributed by atoms with E-state index < -0.39 is 44.0 Å². The average Bonchev–Trinajstić information content (AvgIpc) is 2.68. The van der Waals surface area contributed by atoms with E-state index in [0.29, 0.717) is 19.5 Å². The molecule has 1 aliphatic heterocycles. The van der Waals surface area contributed by atoms with Gasteiger partial charge in [-0.2, -0.15) is 0 Å². The first-order valence-corrected chi connectivity index (χ1v) is 10.0. The minimum atomic E-state index is -4.90. The molecule has 0 aliphatic carbocycles. The van der Waals surface area contributed by atoms with E-state index >= 15 is 0 Å². The van der Waals surface area contributed by atoms with E-state index in [1.807, 2.05) is 29.0 Å². The number of halogens is 5. The Morgan fingerprint density at radius 3 is 2.11 bits per heavy atom. The smallest absolute Gasteiger partial charge is 0.246 e. The van der Waals surface area contributed by atoms with Crippen LogP contribution in [-0.2, 0) is 23.0 Å². The van der Waals surface area contributed by atoms with E-state index in [2.05, 4.69) is 4.90 Å². The third-order valence-corrected chi connectivity index (χ3v) is 6.07. The lowest BCUT2D eigenvalue weighted by atomic mass is 10.00. The van der Waals surface area contributed by atoms with E-state index in [-0.39, 0.29) is 6.54 Å². The molecule has 3 rings (SSSR count). The molecule has 152 valence electrons. The molecule has 0 atom stereocenters. The summed E-state index contributed by atoms with van der Waals surface area (Å²) in [6, 6.07) is 7.95. The maximum absolute atomic E-state index is 13.7. The van der Waals surface area contributed by atoms with Gasteiger partial charge in [0.25, 0.3) is 0 Å². The van der Waals surface area contributed by atoms with E-state index in [0.717, 1.165) is 13.0 Å². The Bertz CT molecular complexity index is 969. The summed E-state index contributed by atoms with van der Waals surface area (Å²) in [5, 5.41) is 0. The van der Waals surface area contributed by atoms with Crippen molar-refractivity contribution in [2.45, 2.75) is 24.3 Å². The highest BCUT2D eigenvalue weighted by molar-refractivity contribution is 7.89. The van der Waals surface area contributed by atoms with E-state index in [4.69, 9.17) is 0 Å². The molecule has 2 aromatic carbocycles. The molecule has 1 N–H and O–H groups in total. The maximum atomic E-state index is 13.7. The molecule has 0 bridgehead atoms. The SMILES string of the molecule is O=S(=O)(NCCCN1CCc2ccccc2C1)c1c(F)c(F)c(F)c(F)c1F. The van der Waals surface area contributed by atoms with Crippen molar-refractivity contribution in [3.8, 4) is 0 Å². The summed E-state index contributed by atoms with van der Waals surface area (Å²) in [6.45, 7) is 1.77. The van der Waals surface area contributed by atoms with Crippen molar-refractivity contribution in [3.05, 3.63) is 64.5 Å². The highest BCUT2D eigenvalue weighted by atomic mass is 32.2. The minimum absolute atomic E-state index is 0.208. The van der Waals surface area contributed by atoms with E-state index in [1.165, 1.54) is 11.1 Å². The second-order valence-electron chi connectivity index (χ2n) is 6.45. The van der Waals surface area contributed by atoms with E-state index in [1.54, 1.807) is 0 Å². The molecule has 0 saturated carbocycles. The largest absolute Gasteiger partial charge is 0.299 e. The van der Waals surface area contributed by atoms with Crippen molar-refractivity contribution >= 4 is 10.0 Å². The zero-order valence-electron chi connectivity index (χ0n) is 14.6. The van der Waals surface area contributed by atoms with Gasteiger partial charge in [0.1, 0.15) is 0 Å². The zero-order chi connectivity index (χ0) is 20.5. The van der Waals surface area contributed by atoms with Gasteiger partial charge in [-0.3, -0.25) is 4.90 Å². The molecule has 0 saturated heterocycles. The topological polar surface area (TPSA) is 49.4 Å². The van der Waals surface area contributed by atoms with Gasteiger partial charge < -0.3 is 0 Å². The number of nitrogens with one attached hydrogen (secondary N) is 1. The van der Waals surface area contributed by atoms with Crippen LogP contribution in [0.25, 0.3) is 0 Å². The van der Waals surface area contributed by atoms with Crippen molar-refractivity contribution in [1.82, 2.24) is 9.62 Å². The number of fused-ring (bicyclic) bond motifs is 1. The molecular weight excluding hydrogens is 403 g/mol. The highest BCUT2D eigenvalue weighted by Crippen LogP contribution is 2.26. The lowest BCUT2D eigenvalue weighted by molar-refractivity contribution is 0.251. The fourth-order valence-electron chi connectivity index (χ4n) is 3.15. The highest BCUT2D eigenvalue weighted by Gasteiger charge is 2.33. The summed E-state index contributed by atoms with van der Waals surface area (Å²) in [6.07, 6.45) is 1.16. The van der Waals surface area contributed by atoms with Gasteiger partial charge in [-0.05, 0) is 30.5 Å². The Morgan fingerprint density at radius 1 is 0.893 bits per heavy atom. The van der Waals surface area contributed by atoms with Crippen LogP contribution in [-0.4, -0.2) is 33.0 Å². The summed E-state index contributed by atoms with van der Waals surface area (Å²) in [4.78, 5) is 0.227. The third-order valence-electron chi connectivity index (χ3n) is 4.59. The molecule has 28 heavy (non-hydrogen) atoms. The summed E-state index contributed by atoms with van der Waals surface area (Å²) < 4.78 is 92.9. The Kier molecular flexibility index (Phi) is 6.01. The van der Waals surface area contributed by atoms with Crippen LogP contribution in [0.15, 0.2) is 29.2 Å². The van der Waals surface area contributed by atoms with Crippen LogP contribution in [0.4, 0.5) is 22.0 Å². The lowest BCUT2D eigenvalue weighted by Gasteiger charge is -2.28. The summed E-state index contributed by atoms with van der Waals surface area (Å²) in [5.74, 6) is -11.8. The van der Waals surface area contributed by atoms with Crippen LogP contribution in [0.1, 0.15) is 17.5 Å². The van der Waals surface area contributed by atoms with E-state index in [9.17, 15) is 30.4 Å². The van der Waals surface area contributed by atoms with Crippen molar-refractivity contribution in [2.24, 2.45) is 0 Å². The van der Waals surface area contributed by atoms with Gasteiger partial charge in [0.2, 0.25) is 15.8 Å². The zero-order valence-corrected chi connectivity index (χ0v) is 15.4. The lowest BCUT2D eigenvalue weighted by Crippen LogP contribution is -2.34. The molecule has 0 unspecified atom stereocenters. The first kappa shape index (κ1) is 20.7. The van der Waals surface area contributed by atoms with Gasteiger partial charge in [-0.25, -0.2) is 35.1 Å². The first-order chi connectivity index (χ1) is 13.2. The number of sulfonamides is 1. The standard InChI is InChI=1S/C18H17F5N2O2S/c19-13-14(20)16(22)18(17(23)15(13)21)28(26,27)24-7-3-8-25-9-6-11-4-1-2-5-12(11)10-25/h1-2,4-5,24H,3,6-10H2. The monoisotopic (exact) mass is 420 g/mol. The van der Waals surface area contributed by atoms with Gasteiger partial charge in [0.15, 0.2) is 28.2 Å². The van der Waals surface area contributed by atoms with Gasteiger partial charge in [0.05, 0.1) is 0 Å². The van der Waals surface area contributed by atoms with Crippen LogP contribution in [0.2, 0.25) is 0 Å². The van der Waals surface area contributed by atoms with Crippen molar-refractivity contribution in [2.75, 3.05) is 19.6 Å². The Balaban J connectivity index is 1.61. The maximum Gasteiger partial charge on any atom is 0.246 e. The fraction of sp³-hybridized carbons (Fsp3) is 0.333. The molecule has 2 aromatic rings. The third kappa shape index (κ3) is 4.03. The molecule has 0 spiro atoms. The minimum Gasteiger partial charge on any atom is -0.299 e. The molecule has 0 aromatic heterocycles. The molecule has 4 nitrogen and oxygen atoms in total. The van der Waals surface area contributed by atoms with Crippen molar-refractivity contribution in [1.29, 1.82) is 0 Å². The summed E-state index contributed by atoms with van der Waals surface area (Å²) >= 11 is 0. The van der Waals surface area contributed by atoms with Crippen molar-refractivity contribution in [3.63, 3.8) is 0 Å². The van der Waals surface area contributed by atoms with Gasteiger partial charge in [-0.1, -0.05) is 24.3 Å². The van der Waals surface area contributed by atoms with Crippen LogP contribution in [0.5, 0.6) is 0 Å². The number of benzene rings is 2. The fourth-order valence-corrected chi connectivity index (χ4v) is 4.36. The molecular formula is C18H17F5N2O2S. The predicted molar refractivity (Wildman–Crippen MR) is 91.5 cm³/mol. The predicted octanol–water partition coefficient (Wildman–Crippen LogP) is 3.11. The number of nitrogens with zero attached hydrogens (tertiary/aromatic N) is 1. The summed E-state index contributed by atoms with van der Waals surface area (Å²) in [5.41, 5.74) is 2.43. The second-order valence-corrected chi connectivity index (χ2v) is 8.15. The van der Waals surface area contributed by atoms with Gasteiger partial charge in [0, 0.05) is 19.6 Å². The Hall–Kier alpha value is -2.04. The second kappa shape index (κ2) is 8.14. The molecule has 10 heteroatoms. The first-order valence-electron chi connectivity index (χ1n) is 8.52. The molecule has 1 heterocycles. The number of rotatable bonds is 6. The van der Waals surface area contributed by atoms with Crippen LogP contribution < -0.4 is 4.72 Å². The Labute approximate surface area is 159 Å². The normalized spacial score (nSPS) is 14.9. The van der Waals surface area contributed by atoms with Crippen LogP contribution in [0.3, 0.4) is 0 Å². The quantitative estimate of drug-likeness (QED) is 0.338. The molecule has 0 amide bonds. The molecule has 0 fully saturated rings. The average molecular weight is 420 g/mol. The van der Waals surface area contributed by atoms with Crippen LogP contribution in [0, 0.1) is 29.1 Å². The summed E-state index contributed by atoms with van der Waals surface area (Å²) in [7, 11) is -4.90. The number of hydrogen-bond acceptors (Lipinski definition) is 3. The van der Waals surface area contributed by atoms with Crippen molar-refractivity contribution < 1.29 is 30.4 Å². The molecule has 1 aliphatic rings. The van der Waals surface area contributed by atoms with Gasteiger partial charge >= 0.3 is 0 Å². The number of hydrogen-bond donors (Lipinski definition) is 1. The van der Waals surface area contributed by atoms with Gasteiger partial charge in [-0.15, -0.1) is 0 Å². The Morgan fingerprint density at radius 2 is 1.46 bits per heavy atom. The molecule has 0 radical (unpaired) electrons.